The number of nitrogens with one attached hydrogen (secondary N) is 2. The number of aromatic amines is 1. The molecule has 172 valence electrons. The highest BCUT2D eigenvalue weighted by atomic mass is 32.2. The van der Waals surface area contributed by atoms with Crippen LogP contribution in [-0.4, -0.2) is 41.2 Å². The Bertz CT molecular complexity index is 1640. The summed E-state index contributed by atoms with van der Waals surface area (Å²) in [5.74, 6) is 1.53. The van der Waals surface area contributed by atoms with Gasteiger partial charge < -0.3 is 10.3 Å². The summed E-state index contributed by atoms with van der Waals surface area (Å²) in [4.78, 5) is 25.5. The first-order chi connectivity index (χ1) is 17.2. The molecule has 2 N–H and O–H groups in total. The molecule has 6 aromatic rings. The van der Waals surface area contributed by atoms with Gasteiger partial charge in [-0.05, 0) is 31.2 Å². The minimum atomic E-state index is -0.254. The van der Waals surface area contributed by atoms with E-state index in [1.807, 2.05) is 90.2 Å². The molecule has 3 heterocycles. The minimum Gasteiger partial charge on any atom is -0.346 e. The van der Waals surface area contributed by atoms with Crippen molar-refractivity contribution < 1.29 is 4.79 Å². The van der Waals surface area contributed by atoms with Crippen molar-refractivity contribution in [2.75, 3.05) is 5.75 Å². The second-order valence-corrected chi connectivity index (χ2v) is 9.12. The molecule has 0 aliphatic heterocycles. The van der Waals surface area contributed by atoms with Gasteiger partial charge in [-0.25, -0.2) is 9.97 Å². The van der Waals surface area contributed by atoms with E-state index < -0.39 is 0 Å². The van der Waals surface area contributed by atoms with Gasteiger partial charge in [0.15, 0.2) is 10.8 Å². The van der Waals surface area contributed by atoms with Gasteiger partial charge in [0.05, 0.1) is 28.3 Å². The van der Waals surface area contributed by atoms with Crippen molar-refractivity contribution in [2.24, 2.45) is 0 Å². The molecule has 0 bridgehead atoms. The maximum atomic E-state index is 12.8. The number of hydrogen-bond donors (Lipinski definition) is 2. The van der Waals surface area contributed by atoms with Crippen LogP contribution in [0.15, 0.2) is 84.0 Å². The molecule has 0 aliphatic rings. The third-order valence-corrected chi connectivity index (χ3v) is 6.71. The van der Waals surface area contributed by atoms with Gasteiger partial charge in [0, 0.05) is 10.9 Å². The fraction of sp³-hybridized carbons (Fsp3) is 0.115. The lowest BCUT2D eigenvalue weighted by molar-refractivity contribution is -0.119. The number of imidazole rings is 1. The molecule has 3 aromatic heterocycles. The highest BCUT2D eigenvalue weighted by Gasteiger charge is 2.19. The Morgan fingerprint density at radius 3 is 2.51 bits per heavy atom. The summed E-state index contributed by atoms with van der Waals surface area (Å²) >= 11 is 1.33. The van der Waals surface area contributed by atoms with Crippen molar-refractivity contribution in [3.05, 3.63) is 84.7 Å². The van der Waals surface area contributed by atoms with E-state index in [0.29, 0.717) is 10.8 Å². The van der Waals surface area contributed by atoms with Gasteiger partial charge in [0.1, 0.15) is 11.6 Å². The van der Waals surface area contributed by atoms with E-state index in [9.17, 15) is 4.79 Å². The molecule has 9 heteroatoms. The number of thioether (sulfide) groups is 1. The van der Waals surface area contributed by atoms with Crippen LogP contribution in [0, 0.1) is 0 Å². The lowest BCUT2D eigenvalue weighted by Gasteiger charge is -2.12. The summed E-state index contributed by atoms with van der Waals surface area (Å²) < 4.78 is 1.93. The number of benzene rings is 3. The van der Waals surface area contributed by atoms with Gasteiger partial charge in [-0.1, -0.05) is 66.4 Å². The zero-order chi connectivity index (χ0) is 23.8. The SMILES string of the molecule is CC(NC(=O)CSc1nnc2c3ccccc3nc(-c3ccccc3)n12)c1nc2ccccc2[nH]1. The Morgan fingerprint density at radius 2 is 1.69 bits per heavy atom. The van der Waals surface area contributed by atoms with E-state index in [0.717, 1.165) is 39.1 Å². The van der Waals surface area contributed by atoms with Gasteiger partial charge in [-0.2, -0.15) is 0 Å². The number of amides is 1. The monoisotopic (exact) mass is 479 g/mol. The molecule has 1 amide bonds. The fourth-order valence-electron chi connectivity index (χ4n) is 4.09. The van der Waals surface area contributed by atoms with Crippen molar-refractivity contribution in [3.8, 4) is 11.4 Å². The first-order valence-electron chi connectivity index (χ1n) is 11.2. The molecule has 3 aromatic carbocycles. The number of carbonyl (C=O) groups is 1. The maximum Gasteiger partial charge on any atom is 0.231 e. The average molecular weight is 480 g/mol. The van der Waals surface area contributed by atoms with Gasteiger partial charge in [0.2, 0.25) is 5.91 Å². The van der Waals surface area contributed by atoms with E-state index >= 15 is 0 Å². The van der Waals surface area contributed by atoms with E-state index in [4.69, 9.17) is 4.98 Å². The van der Waals surface area contributed by atoms with Gasteiger partial charge in [0.25, 0.3) is 0 Å². The first kappa shape index (κ1) is 21.3. The number of H-pyrrole nitrogens is 1. The molecule has 0 spiro atoms. The Kier molecular flexibility index (Phi) is 5.38. The highest BCUT2D eigenvalue weighted by molar-refractivity contribution is 7.99. The maximum absolute atomic E-state index is 12.8. The zero-order valence-electron chi connectivity index (χ0n) is 18.8. The van der Waals surface area contributed by atoms with Crippen LogP contribution in [0.25, 0.3) is 39.0 Å². The summed E-state index contributed by atoms with van der Waals surface area (Å²) in [7, 11) is 0. The van der Waals surface area contributed by atoms with Crippen LogP contribution in [0.5, 0.6) is 0 Å². The highest BCUT2D eigenvalue weighted by Crippen LogP contribution is 2.29. The standard InChI is InChI=1S/C26H21N7OS/c1-16(23-28-20-13-7-8-14-21(20)29-23)27-22(34)15-35-26-32-31-25-18-11-5-6-12-19(18)30-24(33(25)26)17-9-3-2-4-10-17/h2-14,16H,15H2,1H3,(H,27,34)(H,28,29). The Hall–Kier alpha value is -4.24. The van der Waals surface area contributed by atoms with Crippen molar-refractivity contribution in [1.82, 2.24) is 34.9 Å². The second kappa shape index (κ2) is 8.84. The van der Waals surface area contributed by atoms with E-state index in [-0.39, 0.29) is 17.7 Å². The number of aromatic nitrogens is 6. The summed E-state index contributed by atoms with van der Waals surface area (Å²) in [6, 6.07) is 25.4. The van der Waals surface area contributed by atoms with E-state index in [2.05, 4.69) is 25.5 Å². The van der Waals surface area contributed by atoms with Crippen LogP contribution in [0.3, 0.4) is 0 Å². The van der Waals surface area contributed by atoms with Crippen LogP contribution >= 0.6 is 11.8 Å². The molecule has 1 unspecified atom stereocenters. The molecule has 0 aliphatic carbocycles. The molecule has 8 nitrogen and oxygen atoms in total. The molecule has 0 fully saturated rings. The second-order valence-electron chi connectivity index (χ2n) is 8.18. The predicted molar refractivity (Wildman–Crippen MR) is 137 cm³/mol. The van der Waals surface area contributed by atoms with Crippen LogP contribution in [0.1, 0.15) is 18.8 Å². The number of carbonyl (C=O) groups excluding carboxylic acids is 1. The Morgan fingerprint density at radius 1 is 0.943 bits per heavy atom. The van der Waals surface area contributed by atoms with Gasteiger partial charge in [-0.3, -0.25) is 9.20 Å². The largest absolute Gasteiger partial charge is 0.346 e. The Balaban J connectivity index is 1.27. The fourth-order valence-corrected chi connectivity index (χ4v) is 4.84. The smallest absolute Gasteiger partial charge is 0.231 e. The topological polar surface area (TPSA) is 101 Å². The molecule has 0 saturated heterocycles. The number of rotatable bonds is 6. The first-order valence-corrected chi connectivity index (χ1v) is 12.2. The van der Waals surface area contributed by atoms with Crippen molar-refractivity contribution >= 4 is 45.3 Å². The molecular formula is C26H21N7OS. The van der Waals surface area contributed by atoms with Gasteiger partial charge in [-0.15, -0.1) is 10.2 Å². The quantitative estimate of drug-likeness (QED) is 0.333. The number of fused-ring (bicyclic) bond motifs is 4. The summed E-state index contributed by atoms with van der Waals surface area (Å²) in [5, 5.41) is 13.4. The molecule has 0 radical (unpaired) electrons. The number of hydrogen-bond acceptors (Lipinski definition) is 6. The molecular weight excluding hydrogens is 458 g/mol. The van der Waals surface area contributed by atoms with E-state index in [1.165, 1.54) is 11.8 Å². The summed E-state index contributed by atoms with van der Waals surface area (Å²) in [5.41, 5.74) is 4.34. The average Bonchev–Trinajstić information content (AvgIpc) is 3.52. The van der Waals surface area contributed by atoms with Crippen LogP contribution in [-0.2, 0) is 4.79 Å². The van der Waals surface area contributed by atoms with E-state index in [1.54, 1.807) is 0 Å². The van der Waals surface area contributed by atoms with Gasteiger partial charge >= 0.3 is 0 Å². The van der Waals surface area contributed by atoms with Crippen LogP contribution in [0.2, 0.25) is 0 Å². The normalized spacial score (nSPS) is 12.4. The minimum absolute atomic E-state index is 0.116. The molecule has 0 saturated carbocycles. The van der Waals surface area contributed by atoms with Crippen LogP contribution in [0.4, 0.5) is 0 Å². The number of para-hydroxylation sites is 3. The van der Waals surface area contributed by atoms with Crippen molar-refractivity contribution in [3.63, 3.8) is 0 Å². The number of nitrogens with zero attached hydrogens (tertiary/aromatic N) is 5. The Labute approximate surface area is 204 Å². The molecule has 35 heavy (non-hydrogen) atoms. The third-order valence-electron chi connectivity index (χ3n) is 5.78. The van der Waals surface area contributed by atoms with Crippen molar-refractivity contribution in [1.29, 1.82) is 0 Å². The van der Waals surface area contributed by atoms with Crippen molar-refractivity contribution in [2.45, 2.75) is 18.1 Å². The summed E-state index contributed by atoms with van der Waals surface area (Å²) in [6.07, 6.45) is 0. The molecule has 1 atom stereocenters. The lowest BCUT2D eigenvalue weighted by Crippen LogP contribution is -2.28. The summed E-state index contributed by atoms with van der Waals surface area (Å²) in [6.45, 7) is 1.91. The third kappa shape index (κ3) is 4.00. The predicted octanol–water partition coefficient (Wildman–Crippen LogP) is 4.79. The molecule has 6 rings (SSSR count). The zero-order valence-corrected chi connectivity index (χ0v) is 19.7. The lowest BCUT2D eigenvalue weighted by atomic mass is 10.2. The van der Waals surface area contributed by atoms with Crippen LogP contribution < -0.4 is 5.32 Å².